The number of nitrogens with two attached hydrogens (primary N) is 1. The van der Waals surface area contributed by atoms with Crippen LogP contribution in [0.3, 0.4) is 0 Å². The van der Waals surface area contributed by atoms with Gasteiger partial charge in [0.25, 0.3) is 0 Å². The Bertz CT molecular complexity index is 305. The lowest BCUT2D eigenvalue weighted by Gasteiger charge is -2.05. The molecule has 2 rings (SSSR count). The van der Waals surface area contributed by atoms with Gasteiger partial charge in [0.1, 0.15) is 5.82 Å². The van der Waals surface area contributed by atoms with Crippen LogP contribution in [-0.2, 0) is 6.54 Å². The Labute approximate surface area is 78.0 Å². The summed E-state index contributed by atoms with van der Waals surface area (Å²) in [4.78, 5) is 0. The minimum atomic E-state index is -0.0460. The van der Waals surface area contributed by atoms with Gasteiger partial charge in [0.05, 0.1) is 6.54 Å². The van der Waals surface area contributed by atoms with Gasteiger partial charge in [-0.1, -0.05) is 6.07 Å². The number of benzene rings is 1. The first kappa shape index (κ1) is 8.70. The van der Waals surface area contributed by atoms with Gasteiger partial charge in [0.2, 0.25) is 0 Å². The van der Waals surface area contributed by atoms with E-state index in [2.05, 4.69) is 7.05 Å². The van der Waals surface area contributed by atoms with E-state index in [-0.39, 0.29) is 5.82 Å². The van der Waals surface area contributed by atoms with Crippen molar-refractivity contribution in [1.82, 2.24) is 0 Å². The number of hydrogen-bond acceptors (Lipinski definition) is 0. The van der Waals surface area contributed by atoms with Crippen LogP contribution in [-0.4, -0.2) is 0 Å². The van der Waals surface area contributed by atoms with Crippen molar-refractivity contribution in [3.8, 4) is 0 Å². The summed E-state index contributed by atoms with van der Waals surface area (Å²) >= 11 is 0. The summed E-state index contributed by atoms with van der Waals surface area (Å²) in [6, 6.07) is 5.39. The second-order valence-electron chi connectivity index (χ2n) is 3.62. The molecule has 2 heteroatoms. The molecule has 0 saturated heterocycles. The van der Waals surface area contributed by atoms with Crippen LogP contribution in [0.5, 0.6) is 0 Å². The highest BCUT2D eigenvalue weighted by atomic mass is 19.1. The zero-order valence-corrected chi connectivity index (χ0v) is 7.59. The Kier molecular flexibility index (Phi) is 2.32. The number of hydrogen-bond donors (Lipinski definition) is 1. The molecular formula is C11H14FN. The van der Waals surface area contributed by atoms with Crippen molar-refractivity contribution < 1.29 is 9.71 Å². The third-order valence-electron chi connectivity index (χ3n) is 2.46. The zero-order chi connectivity index (χ0) is 9.26. The summed E-state index contributed by atoms with van der Waals surface area (Å²) in [6.45, 7) is 0.833. The lowest BCUT2D eigenvalue weighted by molar-refractivity contribution is -0.612. The lowest BCUT2D eigenvalue weighted by Crippen LogP contribution is -2.74. The first-order valence-corrected chi connectivity index (χ1v) is 4.70. The Morgan fingerprint density at radius 3 is 2.85 bits per heavy atom. The maximum Gasteiger partial charge on any atom is 0.126 e. The summed E-state index contributed by atoms with van der Waals surface area (Å²) < 4.78 is 13.3. The molecule has 1 fully saturated rings. The molecule has 1 aromatic rings. The van der Waals surface area contributed by atoms with Crippen molar-refractivity contribution in [2.75, 3.05) is 0 Å². The Morgan fingerprint density at radius 2 is 2.23 bits per heavy atom. The maximum absolute atomic E-state index is 13.3. The number of quaternary nitrogens is 1. The van der Waals surface area contributed by atoms with Crippen LogP contribution in [0.25, 0.3) is 0 Å². The SMILES string of the molecule is [CH2-][NH2+]Cc1ccc(F)c(C2CC2)c1. The van der Waals surface area contributed by atoms with Crippen LogP contribution < -0.4 is 5.32 Å². The van der Waals surface area contributed by atoms with Gasteiger partial charge < -0.3 is 5.32 Å². The second kappa shape index (κ2) is 3.46. The molecule has 1 aromatic carbocycles. The van der Waals surface area contributed by atoms with Gasteiger partial charge in [0, 0.05) is 5.56 Å². The molecule has 0 atom stereocenters. The van der Waals surface area contributed by atoms with Crippen LogP contribution in [0.4, 0.5) is 4.39 Å². The van der Waals surface area contributed by atoms with Crippen molar-refractivity contribution in [2.24, 2.45) is 0 Å². The minimum absolute atomic E-state index is 0.0460. The molecule has 1 aliphatic carbocycles. The van der Waals surface area contributed by atoms with Crippen molar-refractivity contribution >= 4 is 0 Å². The van der Waals surface area contributed by atoms with E-state index in [0.29, 0.717) is 5.92 Å². The first-order valence-electron chi connectivity index (χ1n) is 4.70. The van der Waals surface area contributed by atoms with E-state index in [0.717, 1.165) is 24.9 Å². The van der Waals surface area contributed by atoms with E-state index >= 15 is 0 Å². The first-order chi connectivity index (χ1) is 6.31. The van der Waals surface area contributed by atoms with Crippen molar-refractivity contribution in [1.29, 1.82) is 0 Å². The highest BCUT2D eigenvalue weighted by molar-refractivity contribution is 5.30. The molecule has 0 bridgehead atoms. The molecule has 1 saturated carbocycles. The summed E-state index contributed by atoms with van der Waals surface area (Å²) in [5.74, 6) is 0.445. The van der Waals surface area contributed by atoms with Gasteiger partial charge >= 0.3 is 0 Å². The van der Waals surface area contributed by atoms with Crippen LogP contribution >= 0.6 is 0 Å². The van der Waals surface area contributed by atoms with E-state index in [1.54, 1.807) is 6.07 Å². The summed E-state index contributed by atoms with van der Waals surface area (Å²) in [7, 11) is 3.67. The Hall–Kier alpha value is -0.890. The zero-order valence-electron chi connectivity index (χ0n) is 7.59. The molecule has 0 heterocycles. The van der Waals surface area contributed by atoms with Crippen molar-refractivity contribution in [2.45, 2.75) is 25.3 Å². The van der Waals surface area contributed by atoms with E-state index in [4.69, 9.17) is 0 Å². The lowest BCUT2D eigenvalue weighted by atomic mass is 10.1. The van der Waals surface area contributed by atoms with Gasteiger partial charge in [-0.2, -0.15) is 7.05 Å². The van der Waals surface area contributed by atoms with Crippen molar-refractivity contribution in [3.05, 3.63) is 42.2 Å². The third-order valence-corrected chi connectivity index (χ3v) is 2.46. The van der Waals surface area contributed by atoms with Crippen LogP contribution in [0, 0.1) is 12.9 Å². The molecule has 70 valence electrons. The van der Waals surface area contributed by atoms with E-state index in [1.165, 1.54) is 5.56 Å². The predicted octanol–water partition coefficient (Wildman–Crippen LogP) is 1.56. The average Bonchev–Trinajstić information content (AvgIpc) is 2.92. The van der Waals surface area contributed by atoms with Crippen molar-refractivity contribution in [3.63, 3.8) is 0 Å². The molecule has 2 N–H and O–H groups in total. The molecule has 0 unspecified atom stereocenters. The maximum atomic E-state index is 13.3. The number of halogens is 1. The molecular weight excluding hydrogens is 165 g/mol. The fourth-order valence-electron chi connectivity index (χ4n) is 1.59. The monoisotopic (exact) mass is 179 g/mol. The fourth-order valence-corrected chi connectivity index (χ4v) is 1.59. The molecule has 0 amide bonds. The quantitative estimate of drug-likeness (QED) is 0.678. The molecule has 1 aliphatic rings. The van der Waals surface area contributed by atoms with Crippen LogP contribution in [0.15, 0.2) is 18.2 Å². The van der Waals surface area contributed by atoms with Gasteiger partial charge in [-0.15, -0.1) is 0 Å². The molecule has 13 heavy (non-hydrogen) atoms. The molecule has 1 nitrogen and oxygen atoms in total. The summed E-state index contributed by atoms with van der Waals surface area (Å²) in [5.41, 5.74) is 2.07. The highest BCUT2D eigenvalue weighted by Gasteiger charge is 2.26. The van der Waals surface area contributed by atoms with E-state index in [1.807, 2.05) is 17.4 Å². The third kappa shape index (κ3) is 1.89. The van der Waals surface area contributed by atoms with Crippen LogP contribution in [0.1, 0.15) is 29.9 Å². The smallest absolute Gasteiger partial charge is 0.126 e. The van der Waals surface area contributed by atoms with Gasteiger partial charge in [-0.3, -0.25) is 0 Å². The normalized spacial score (nSPS) is 16.2. The molecule has 0 aromatic heterocycles. The predicted molar refractivity (Wildman–Crippen MR) is 49.4 cm³/mol. The fraction of sp³-hybridized carbons (Fsp3) is 0.364. The average molecular weight is 179 g/mol. The standard InChI is InChI=1S/C11H14FN/c1-13-7-8-2-5-11(12)10(6-8)9-3-4-9/h2,5-6,9H,1,3-4,7,13H2. The number of rotatable bonds is 3. The van der Waals surface area contributed by atoms with Gasteiger partial charge in [-0.25, -0.2) is 4.39 Å². The topological polar surface area (TPSA) is 16.6 Å². The Balaban J connectivity index is 2.25. The van der Waals surface area contributed by atoms with E-state index < -0.39 is 0 Å². The largest absolute Gasteiger partial charge is 0.475 e. The van der Waals surface area contributed by atoms with Gasteiger partial charge in [0.15, 0.2) is 0 Å². The summed E-state index contributed by atoms with van der Waals surface area (Å²) in [5, 5.41) is 1.85. The minimum Gasteiger partial charge on any atom is -0.475 e. The molecule has 0 radical (unpaired) electrons. The van der Waals surface area contributed by atoms with E-state index in [9.17, 15) is 4.39 Å². The molecule has 0 aliphatic heterocycles. The van der Waals surface area contributed by atoms with Gasteiger partial charge in [-0.05, 0) is 36.5 Å². The summed E-state index contributed by atoms with van der Waals surface area (Å²) in [6.07, 6.45) is 2.29. The second-order valence-corrected chi connectivity index (χ2v) is 3.62. The highest BCUT2D eigenvalue weighted by Crippen LogP contribution is 2.41. The molecule has 0 spiro atoms. The van der Waals surface area contributed by atoms with Crippen LogP contribution in [0.2, 0.25) is 0 Å². The Morgan fingerprint density at radius 1 is 1.46 bits per heavy atom.